The highest BCUT2D eigenvalue weighted by Gasteiger charge is 2.33. The maximum Gasteiger partial charge on any atom is 0.417 e. The van der Waals surface area contributed by atoms with Gasteiger partial charge in [0.1, 0.15) is 0 Å². The van der Waals surface area contributed by atoms with Crippen LogP contribution in [0, 0.1) is 0 Å². The first kappa shape index (κ1) is 17.2. The van der Waals surface area contributed by atoms with Crippen molar-refractivity contribution in [1.82, 2.24) is 9.97 Å². The Bertz CT molecular complexity index is 1150. The zero-order valence-corrected chi connectivity index (χ0v) is 15.0. The second-order valence-corrected chi connectivity index (χ2v) is 7.54. The summed E-state index contributed by atoms with van der Waals surface area (Å²) in [6, 6.07) is 6.63. The number of amides is 1. The molecule has 2 aromatic carbocycles. The predicted octanol–water partition coefficient (Wildman–Crippen LogP) is 5.83. The van der Waals surface area contributed by atoms with Crippen LogP contribution in [0.1, 0.15) is 15.9 Å². The highest BCUT2D eigenvalue weighted by molar-refractivity contribution is 7.28. The second kappa shape index (κ2) is 6.19. The van der Waals surface area contributed by atoms with E-state index in [9.17, 15) is 18.0 Å². The van der Waals surface area contributed by atoms with Gasteiger partial charge in [0.25, 0.3) is 5.91 Å². The van der Waals surface area contributed by atoms with Crippen LogP contribution in [-0.2, 0) is 6.18 Å². The average Bonchev–Trinajstić information content (AvgIpc) is 3.19. The number of rotatable bonds is 2. The number of fused-ring (bicyclic) bond motifs is 3. The normalized spacial score (nSPS) is 12.0. The molecule has 0 spiro atoms. The van der Waals surface area contributed by atoms with Crippen LogP contribution in [0.3, 0.4) is 0 Å². The van der Waals surface area contributed by atoms with Gasteiger partial charge in [0.15, 0.2) is 5.13 Å². The quantitative estimate of drug-likeness (QED) is 0.449. The molecular formula is C16H7ClF3N3OS2. The van der Waals surface area contributed by atoms with Crippen molar-refractivity contribution in [2.45, 2.75) is 6.18 Å². The van der Waals surface area contributed by atoms with E-state index in [1.54, 1.807) is 11.6 Å². The monoisotopic (exact) mass is 413 g/mol. The Balaban J connectivity index is 1.67. The predicted molar refractivity (Wildman–Crippen MR) is 97.2 cm³/mol. The van der Waals surface area contributed by atoms with Crippen LogP contribution in [0.2, 0.25) is 5.02 Å². The number of nitrogens with zero attached hydrogens (tertiary/aromatic N) is 2. The van der Waals surface area contributed by atoms with Gasteiger partial charge in [0.05, 0.1) is 36.5 Å². The molecular weight excluding hydrogens is 407 g/mol. The van der Waals surface area contributed by atoms with E-state index >= 15 is 0 Å². The highest BCUT2D eigenvalue weighted by atomic mass is 35.5. The zero-order chi connectivity index (χ0) is 18.5. The molecule has 0 aliphatic heterocycles. The fourth-order valence-corrected chi connectivity index (χ4v) is 4.53. The van der Waals surface area contributed by atoms with E-state index in [4.69, 9.17) is 11.6 Å². The first-order valence-electron chi connectivity index (χ1n) is 7.14. The van der Waals surface area contributed by atoms with Gasteiger partial charge in [0, 0.05) is 5.56 Å². The van der Waals surface area contributed by atoms with Crippen molar-refractivity contribution in [3.05, 3.63) is 52.0 Å². The lowest BCUT2D eigenvalue weighted by molar-refractivity contribution is -0.137. The van der Waals surface area contributed by atoms with Crippen LogP contribution in [-0.4, -0.2) is 15.9 Å². The molecule has 2 heterocycles. The topological polar surface area (TPSA) is 54.9 Å². The van der Waals surface area contributed by atoms with E-state index in [-0.39, 0.29) is 5.56 Å². The van der Waals surface area contributed by atoms with Gasteiger partial charge in [-0.3, -0.25) is 10.1 Å². The number of benzene rings is 2. The maximum absolute atomic E-state index is 12.9. The zero-order valence-electron chi connectivity index (χ0n) is 12.6. The summed E-state index contributed by atoms with van der Waals surface area (Å²) < 4.78 is 40.7. The molecule has 0 aliphatic rings. The van der Waals surface area contributed by atoms with E-state index in [1.807, 2.05) is 6.07 Å². The fourth-order valence-electron chi connectivity index (χ4n) is 2.42. The summed E-state index contributed by atoms with van der Waals surface area (Å²) in [5, 5.41) is 2.39. The van der Waals surface area contributed by atoms with Crippen molar-refractivity contribution in [1.29, 1.82) is 0 Å². The average molecular weight is 414 g/mol. The van der Waals surface area contributed by atoms with Gasteiger partial charge >= 0.3 is 6.18 Å². The molecule has 0 bridgehead atoms. The molecule has 0 atom stereocenters. The van der Waals surface area contributed by atoms with Crippen LogP contribution in [0.4, 0.5) is 18.3 Å². The lowest BCUT2D eigenvalue weighted by Gasteiger charge is -2.10. The third kappa shape index (κ3) is 3.02. The number of hydrogen-bond acceptors (Lipinski definition) is 5. The summed E-state index contributed by atoms with van der Waals surface area (Å²) in [6.07, 6.45) is -4.64. The summed E-state index contributed by atoms with van der Waals surface area (Å²) in [7, 11) is 0. The number of alkyl halides is 3. The van der Waals surface area contributed by atoms with Crippen molar-refractivity contribution in [2.24, 2.45) is 0 Å². The summed E-state index contributed by atoms with van der Waals surface area (Å²) in [4.78, 5) is 20.9. The molecule has 4 aromatic rings. The van der Waals surface area contributed by atoms with Gasteiger partial charge in [-0.1, -0.05) is 22.9 Å². The summed E-state index contributed by atoms with van der Waals surface area (Å²) in [6.45, 7) is 0. The Hall–Kier alpha value is -2.23. The van der Waals surface area contributed by atoms with Crippen LogP contribution < -0.4 is 5.32 Å². The van der Waals surface area contributed by atoms with E-state index < -0.39 is 22.7 Å². The Morgan fingerprint density at radius 3 is 2.65 bits per heavy atom. The lowest BCUT2D eigenvalue weighted by atomic mass is 10.1. The molecule has 0 saturated heterocycles. The lowest BCUT2D eigenvalue weighted by Crippen LogP contribution is -2.14. The third-order valence-electron chi connectivity index (χ3n) is 3.61. The minimum absolute atomic E-state index is 0.149. The van der Waals surface area contributed by atoms with Gasteiger partial charge in [-0.2, -0.15) is 13.2 Å². The van der Waals surface area contributed by atoms with Gasteiger partial charge in [-0.25, -0.2) is 9.97 Å². The van der Waals surface area contributed by atoms with Gasteiger partial charge < -0.3 is 0 Å². The highest BCUT2D eigenvalue weighted by Crippen LogP contribution is 2.36. The molecule has 0 aliphatic carbocycles. The number of hydrogen-bond donors (Lipinski definition) is 1. The maximum atomic E-state index is 12.9. The Morgan fingerprint density at radius 2 is 1.88 bits per heavy atom. The molecule has 10 heteroatoms. The largest absolute Gasteiger partial charge is 0.417 e. The van der Waals surface area contributed by atoms with E-state index in [2.05, 4.69) is 15.3 Å². The van der Waals surface area contributed by atoms with E-state index in [0.29, 0.717) is 10.6 Å². The summed E-state index contributed by atoms with van der Waals surface area (Å²) in [5.41, 5.74) is 2.03. The number of carbonyl (C=O) groups is 1. The molecule has 2 aromatic heterocycles. The standard InChI is InChI=1S/C16H7ClF3N3OS2/c17-9-2-1-7(5-8(9)16(18,19)20)14(24)23-15-22-11-4-3-10-12(13(11)26-15)25-6-21-10/h1-6H,(H,22,23,24). The SMILES string of the molecule is O=C(Nc1nc2ccc3ncsc3c2s1)c1ccc(Cl)c(C(F)(F)F)c1. The second-order valence-electron chi connectivity index (χ2n) is 5.28. The molecule has 1 N–H and O–H groups in total. The van der Waals surface area contributed by atoms with Crippen molar-refractivity contribution >= 4 is 65.7 Å². The number of carbonyl (C=O) groups excluding carboxylic acids is 1. The van der Waals surface area contributed by atoms with E-state index in [1.165, 1.54) is 28.7 Å². The molecule has 0 radical (unpaired) electrons. The smallest absolute Gasteiger partial charge is 0.298 e. The first-order chi connectivity index (χ1) is 12.3. The number of aromatic nitrogens is 2. The van der Waals surface area contributed by atoms with Gasteiger partial charge in [-0.05, 0) is 30.3 Å². The molecule has 4 nitrogen and oxygen atoms in total. The molecule has 1 amide bonds. The molecule has 0 saturated carbocycles. The number of anilines is 1. The van der Waals surface area contributed by atoms with Crippen molar-refractivity contribution in [3.8, 4) is 0 Å². The first-order valence-corrected chi connectivity index (χ1v) is 9.21. The van der Waals surface area contributed by atoms with E-state index in [0.717, 1.165) is 27.0 Å². The Kier molecular flexibility index (Phi) is 4.09. The molecule has 0 fully saturated rings. The summed E-state index contributed by atoms with van der Waals surface area (Å²) >= 11 is 8.28. The fraction of sp³-hybridized carbons (Fsp3) is 0.0625. The van der Waals surface area contributed by atoms with Crippen molar-refractivity contribution in [3.63, 3.8) is 0 Å². The van der Waals surface area contributed by atoms with Crippen LogP contribution >= 0.6 is 34.3 Å². The molecule has 132 valence electrons. The van der Waals surface area contributed by atoms with Crippen LogP contribution in [0.25, 0.3) is 20.4 Å². The van der Waals surface area contributed by atoms with Gasteiger partial charge in [0.2, 0.25) is 0 Å². The molecule has 4 rings (SSSR count). The summed E-state index contributed by atoms with van der Waals surface area (Å²) in [5.74, 6) is -0.688. The number of nitrogens with one attached hydrogen (secondary N) is 1. The number of thiazole rings is 2. The van der Waals surface area contributed by atoms with Crippen LogP contribution in [0.5, 0.6) is 0 Å². The minimum Gasteiger partial charge on any atom is -0.298 e. The molecule has 26 heavy (non-hydrogen) atoms. The van der Waals surface area contributed by atoms with Gasteiger partial charge in [-0.15, -0.1) is 11.3 Å². The molecule has 0 unspecified atom stereocenters. The van der Waals surface area contributed by atoms with Crippen molar-refractivity contribution < 1.29 is 18.0 Å². The minimum atomic E-state index is -4.64. The number of halogens is 4. The van der Waals surface area contributed by atoms with Crippen molar-refractivity contribution in [2.75, 3.05) is 5.32 Å². The third-order valence-corrected chi connectivity index (χ3v) is 5.93. The Labute approximate surface area is 157 Å². The Morgan fingerprint density at radius 1 is 1.12 bits per heavy atom. The van der Waals surface area contributed by atoms with Crippen LogP contribution in [0.15, 0.2) is 35.8 Å².